The molecule has 12 nitrogen and oxygen atoms in total. The molecule has 0 bridgehead atoms. The van der Waals surface area contributed by atoms with Crippen molar-refractivity contribution in [1.29, 1.82) is 0 Å². The van der Waals surface area contributed by atoms with Gasteiger partial charge in [0.25, 0.3) is 5.91 Å². The van der Waals surface area contributed by atoms with Crippen LogP contribution in [0.3, 0.4) is 0 Å². The molecule has 0 saturated carbocycles. The van der Waals surface area contributed by atoms with E-state index in [1.807, 2.05) is 25.1 Å². The molecule has 0 aliphatic carbocycles. The van der Waals surface area contributed by atoms with Crippen molar-refractivity contribution in [1.82, 2.24) is 25.1 Å². The zero-order valence-corrected chi connectivity index (χ0v) is 25.9. The van der Waals surface area contributed by atoms with Crippen LogP contribution in [-0.4, -0.2) is 87.0 Å². The number of anilines is 2. The van der Waals surface area contributed by atoms with Gasteiger partial charge in [-0.15, -0.1) is 0 Å². The number of likely N-dealkylation sites (tertiary alicyclic amines) is 1. The lowest BCUT2D eigenvalue weighted by molar-refractivity contribution is -0.177. The second-order valence-electron chi connectivity index (χ2n) is 12.7. The SMILES string of the molecule is CC1(C(=O)N(CC(=O)Nc2ccc3c(c2)CC(=O)Nc2ncccc2C3)[C@]2(O)CCCNC2)CCN(C(=O)c2ccccn2)CC1. The number of hydrogen-bond donors (Lipinski definition) is 4. The molecule has 240 valence electrons. The van der Waals surface area contributed by atoms with Crippen molar-refractivity contribution in [2.75, 3.05) is 43.4 Å². The fraction of sp³-hybridized carbons (Fsp3) is 0.412. The Morgan fingerprint density at radius 3 is 2.52 bits per heavy atom. The van der Waals surface area contributed by atoms with Gasteiger partial charge in [0.05, 0.1) is 11.8 Å². The third-order valence-corrected chi connectivity index (χ3v) is 9.31. The lowest BCUT2D eigenvalue weighted by atomic mass is 9.78. The van der Waals surface area contributed by atoms with Crippen molar-refractivity contribution in [3.05, 3.63) is 83.3 Å². The number of carbonyl (C=O) groups is 4. The van der Waals surface area contributed by atoms with Gasteiger partial charge in [0.2, 0.25) is 17.7 Å². The van der Waals surface area contributed by atoms with Crippen molar-refractivity contribution in [2.24, 2.45) is 5.41 Å². The highest BCUT2D eigenvalue weighted by atomic mass is 16.3. The molecule has 46 heavy (non-hydrogen) atoms. The number of β-amino-alcohol motifs (C(OH)–C–C–N with tert-alkyl or cyclic N) is 1. The van der Waals surface area contributed by atoms with Crippen molar-refractivity contribution in [3.8, 4) is 0 Å². The van der Waals surface area contributed by atoms with E-state index >= 15 is 0 Å². The first-order chi connectivity index (χ1) is 22.1. The summed E-state index contributed by atoms with van der Waals surface area (Å²) in [4.78, 5) is 64.9. The Morgan fingerprint density at radius 1 is 0.978 bits per heavy atom. The monoisotopic (exact) mass is 625 g/mol. The Kier molecular flexibility index (Phi) is 8.83. The third-order valence-electron chi connectivity index (χ3n) is 9.31. The average Bonchev–Trinajstić information content (AvgIpc) is 3.05. The summed E-state index contributed by atoms with van der Waals surface area (Å²) in [5.41, 5.74) is 1.08. The number of hydrogen-bond acceptors (Lipinski definition) is 8. The quantitative estimate of drug-likeness (QED) is 0.304. The molecular formula is C34H39N7O5. The summed E-state index contributed by atoms with van der Waals surface area (Å²) in [6.45, 7) is 3.07. The van der Waals surface area contributed by atoms with Crippen LogP contribution in [0.5, 0.6) is 0 Å². The fourth-order valence-electron chi connectivity index (χ4n) is 6.54. The van der Waals surface area contributed by atoms with Crippen LogP contribution in [0.15, 0.2) is 60.9 Å². The van der Waals surface area contributed by atoms with Crippen LogP contribution in [0.2, 0.25) is 0 Å². The van der Waals surface area contributed by atoms with Gasteiger partial charge in [-0.05, 0) is 79.3 Å². The predicted molar refractivity (Wildman–Crippen MR) is 171 cm³/mol. The van der Waals surface area contributed by atoms with Gasteiger partial charge >= 0.3 is 0 Å². The van der Waals surface area contributed by atoms with Crippen LogP contribution in [0.1, 0.15) is 59.8 Å². The second kappa shape index (κ2) is 13.0. The third kappa shape index (κ3) is 6.63. The van der Waals surface area contributed by atoms with Gasteiger partial charge in [-0.2, -0.15) is 0 Å². The van der Waals surface area contributed by atoms with E-state index < -0.39 is 17.0 Å². The normalized spacial score (nSPS) is 20.7. The number of nitrogens with one attached hydrogen (secondary N) is 3. The maximum Gasteiger partial charge on any atom is 0.272 e. The summed E-state index contributed by atoms with van der Waals surface area (Å²) in [7, 11) is 0. The molecule has 12 heteroatoms. The van der Waals surface area contributed by atoms with Gasteiger partial charge in [0, 0.05) is 44.1 Å². The van der Waals surface area contributed by atoms with E-state index in [9.17, 15) is 24.3 Å². The van der Waals surface area contributed by atoms with Crippen LogP contribution >= 0.6 is 0 Å². The molecule has 4 N–H and O–H groups in total. The minimum Gasteiger partial charge on any atom is -0.369 e. The summed E-state index contributed by atoms with van der Waals surface area (Å²) in [6.07, 6.45) is 5.69. The van der Waals surface area contributed by atoms with E-state index in [-0.39, 0.29) is 37.2 Å². The smallest absolute Gasteiger partial charge is 0.272 e. The molecule has 3 aliphatic heterocycles. The van der Waals surface area contributed by atoms with Gasteiger partial charge in [-0.3, -0.25) is 24.2 Å². The molecule has 0 unspecified atom stereocenters. The molecule has 0 spiro atoms. The van der Waals surface area contributed by atoms with Crippen molar-refractivity contribution < 1.29 is 24.3 Å². The van der Waals surface area contributed by atoms with Crippen LogP contribution in [-0.2, 0) is 27.2 Å². The van der Waals surface area contributed by atoms with Crippen molar-refractivity contribution in [2.45, 2.75) is 51.2 Å². The molecule has 5 heterocycles. The molecule has 3 aliphatic rings. The van der Waals surface area contributed by atoms with Crippen molar-refractivity contribution in [3.63, 3.8) is 0 Å². The number of pyridine rings is 2. The molecule has 2 fully saturated rings. The number of amides is 4. The summed E-state index contributed by atoms with van der Waals surface area (Å²) in [5.74, 6) is -0.607. The fourth-order valence-corrected chi connectivity index (χ4v) is 6.54. The Bertz CT molecular complexity index is 1630. The first-order valence-corrected chi connectivity index (χ1v) is 15.7. The van der Waals surface area contributed by atoms with Crippen molar-refractivity contribution >= 4 is 35.1 Å². The highest BCUT2D eigenvalue weighted by molar-refractivity contribution is 5.97. The number of aliphatic hydroxyl groups is 1. The van der Waals surface area contributed by atoms with Gasteiger partial charge in [0.1, 0.15) is 18.1 Å². The summed E-state index contributed by atoms with van der Waals surface area (Å²) >= 11 is 0. The Hall–Kier alpha value is -4.68. The molecule has 6 rings (SSSR count). The van der Waals surface area contributed by atoms with Crippen LogP contribution < -0.4 is 16.0 Å². The number of piperidine rings is 2. The van der Waals surface area contributed by atoms with E-state index in [1.54, 1.807) is 47.6 Å². The van der Waals surface area contributed by atoms with Crippen LogP contribution in [0.25, 0.3) is 0 Å². The minimum absolute atomic E-state index is 0.128. The predicted octanol–water partition coefficient (Wildman–Crippen LogP) is 2.34. The lowest BCUT2D eigenvalue weighted by Gasteiger charge is -2.47. The maximum absolute atomic E-state index is 14.3. The molecular weight excluding hydrogens is 586 g/mol. The van der Waals surface area contributed by atoms with Gasteiger partial charge in [-0.25, -0.2) is 4.98 Å². The van der Waals surface area contributed by atoms with Crippen LogP contribution in [0, 0.1) is 5.41 Å². The van der Waals surface area contributed by atoms with E-state index in [0.717, 1.165) is 16.7 Å². The zero-order valence-electron chi connectivity index (χ0n) is 25.9. The molecule has 0 radical (unpaired) electrons. The Balaban J connectivity index is 1.17. The topological polar surface area (TPSA) is 157 Å². The maximum atomic E-state index is 14.3. The summed E-state index contributed by atoms with van der Waals surface area (Å²) < 4.78 is 0. The zero-order chi connectivity index (χ0) is 32.3. The van der Waals surface area contributed by atoms with E-state index in [1.165, 1.54) is 4.90 Å². The Morgan fingerprint density at radius 2 is 1.78 bits per heavy atom. The molecule has 2 saturated heterocycles. The second-order valence-corrected chi connectivity index (χ2v) is 12.7. The highest BCUT2D eigenvalue weighted by Gasteiger charge is 2.48. The van der Waals surface area contributed by atoms with Crippen LogP contribution in [0.4, 0.5) is 11.5 Å². The van der Waals surface area contributed by atoms with Gasteiger partial charge in [-0.1, -0.05) is 25.1 Å². The van der Waals surface area contributed by atoms with E-state index in [4.69, 9.17) is 0 Å². The minimum atomic E-state index is -1.54. The Labute approximate surface area is 267 Å². The van der Waals surface area contributed by atoms with E-state index in [2.05, 4.69) is 25.9 Å². The number of carbonyl (C=O) groups excluding carboxylic acids is 4. The summed E-state index contributed by atoms with van der Waals surface area (Å²) in [5, 5.41) is 20.6. The van der Waals surface area contributed by atoms with Gasteiger partial charge in [0.15, 0.2) is 5.72 Å². The number of benzene rings is 1. The van der Waals surface area contributed by atoms with Gasteiger partial charge < -0.3 is 30.9 Å². The molecule has 1 atom stereocenters. The summed E-state index contributed by atoms with van der Waals surface area (Å²) in [6, 6.07) is 14.4. The first-order valence-electron chi connectivity index (χ1n) is 15.7. The largest absolute Gasteiger partial charge is 0.369 e. The average molecular weight is 626 g/mol. The lowest BCUT2D eigenvalue weighted by Crippen LogP contribution is -2.64. The molecule has 1 aromatic carbocycles. The standard InChI is InChI=1S/C34H39N7O5/c1-33(11-16-40(17-12-33)31(44)27-7-2-3-14-36-27)32(45)41(34(46)10-5-13-35-22-34)21-29(43)38-26-9-8-23-18-24-6-4-15-37-30(24)39-28(42)20-25(23)19-26/h2-4,6-9,14-15,19,35,46H,5,10-13,16-18,20-22H2,1H3,(H,38,43)(H,37,39,42)/t34-/m0/s1. The number of fused-ring (bicyclic) bond motifs is 2. The number of aromatic nitrogens is 2. The highest BCUT2D eigenvalue weighted by Crippen LogP contribution is 2.36. The van der Waals surface area contributed by atoms with E-state index in [0.29, 0.717) is 68.9 Å². The number of nitrogens with zero attached hydrogens (tertiary/aromatic N) is 4. The molecule has 3 aromatic rings. The molecule has 2 aromatic heterocycles. The molecule has 4 amide bonds. The first kappa shape index (κ1) is 31.3. The number of rotatable bonds is 6.